The predicted molar refractivity (Wildman–Crippen MR) is 205 cm³/mol. The molecule has 6 rings (SSSR count). The third kappa shape index (κ3) is 8.73. The van der Waals surface area contributed by atoms with Gasteiger partial charge in [-0.3, -0.25) is 4.79 Å². The Hall–Kier alpha value is -4.96. The van der Waals surface area contributed by atoms with Gasteiger partial charge in [-0.05, 0) is 76.8 Å². The van der Waals surface area contributed by atoms with Gasteiger partial charge in [-0.1, -0.05) is 107 Å². The molecule has 0 saturated carbocycles. The fraction of sp³-hybridized carbons (Fsp3) is 0.200. The first-order valence-electron chi connectivity index (χ1n) is 16.6. The molecule has 0 aliphatic carbocycles. The number of rotatable bonds is 15. The standard InChI is InChI=1S/C40H35Cl2N5O4S/c41-31-17-20-34(35(42)23-31)37-40(24-28-9-4-5-10-29(28)26-45-47-43,46-38(51-37)27-15-18-32(19-16-27)50-22-8-21-48)39(49)44-25-30-11-6-7-14-36(30)52-33-12-2-1-3-13-33/h1-7,9-20,23,37,48H,8,21-22,24-26H2,(H,44,49)/t37-,40-/m1/s1. The highest BCUT2D eigenvalue weighted by molar-refractivity contribution is 7.99. The number of carbonyl (C=O) groups excluding carboxylic acids is 1. The van der Waals surface area contributed by atoms with Crippen LogP contribution in [-0.2, 0) is 29.0 Å². The van der Waals surface area contributed by atoms with Crippen LogP contribution in [0.2, 0.25) is 10.0 Å². The van der Waals surface area contributed by atoms with E-state index >= 15 is 0 Å². The first kappa shape index (κ1) is 36.8. The van der Waals surface area contributed by atoms with Crippen LogP contribution in [0.1, 0.15) is 40.3 Å². The Morgan fingerprint density at radius 3 is 2.38 bits per heavy atom. The second-order valence-corrected chi connectivity index (χ2v) is 14.0. The highest BCUT2D eigenvalue weighted by Gasteiger charge is 2.54. The molecule has 0 bridgehead atoms. The molecule has 5 aromatic rings. The van der Waals surface area contributed by atoms with Crippen molar-refractivity contribution in [3.8, 4) is 5.75 Å². The van der Waals surface area contributed by atoms with Gasteiger partial charge >= 0.3 is 0 Å². The third-order valence-corrected chi connectivity index (χ3v) is 10.2. The lowest BCUT2D eigenvalue weighted by Gasteiger charge is -2.32. The molecule has 0 saturated heterocycles. The van der Waals surface area contributed by atoms with E-state index in [9.17, 15) is 4.79 Å². The molecule has 12 heteroatoms. The number of halogens is 2. The molecule has 1 heterocycles. The molecule has 5 aromatic carbocycles. The molecule has 0 spiro atoms. The summed E-state index contributed by atoms with van der Waals surface area (Å²) in [4.78, 5) is 25.2. The number of azide groups is 1. The summed E-state index contributed by atoms with van der Waals surface area (Å²) in [5.74, 6) is 0.498. The van der Waals surface area contributed by atoms with Gasteiger partial charge in [0.05, 0.1) is 13.2 Å². The Balaban J connectivity index is 1.43. The van der Waals surface area contributed by atoms with Gasteiger partial charge in [0.2, 0.25) is 5.90 Å². The molecule has 2 atom stereocenters. The normalized spacial score (nSPS) is 16.4. The van der Waals surface area contributed by atoms with Gasteiger partial charge in [-0.25, -0.2) is 4.99 Å². The van der Waals surface area contributed by atoms with Gasteiger partial charge in [-0.2, -0.15) is 0 Å². The number of aliphatic hydroxyl groups is 1. The molecule has 1 aliphatic rings. The van der Waals surface area contributed by atoms with Crippen LogP contribution in [0.15, 0.2) is 141 Å². The summed E-state index contributed by atoms with van der Waals surface area (Å²) in [5, 5.41) is 16.9. The number of amides is 1. The van der Waals surface area contributed by atoms with E-state index in [2.05, 4.69) is 15.3 Å². The van der Waals surface area contributed by atoms with Crippen molar-refractivity contribution in [3.63, 3.8) is 0 Å². The van der Waals surface area contributed by atoms with E-state index in [0.29, 0.717) is 39.9 Å². The smallest absolute Gasteiger partial charge is 0.252 e. The number of aliphatic hydroxyl groups excluding tert-OH is 1. The van der Waals surface area contributed by atoms with E-state index in [4.69, 9.17) is 48.3 Å². The average Bonchev–Trinajstić information content (AvgIpc) is 3.54. The molecule has 2 N–H and O–H groups in total. The van der Waals surface area contributed by atoms with Crippen molar-refractivity contribution in [3.05, 3.63) is 170 Å². The number of carbonyl (C=O) groups is 1. The number of hydrogen-bond donors (Lipinski definition) is 2. The minimum absolute atomic E-state index is 0.0327. The Kier molecular flexibility index (Phi) is 12.4. The van der Waals surface area contributed by atoms with Gasteiger partial charge < -0.3 is 19.9 Å². The van der Waals surface area contributed by atoms with Crippen molar-refractivity contribution in [1.29, 1.82) is 0 Å². The third-order valence-electron chi connectivity index (χ3n) is 8.54. The topological polar surface area (TPSA) is 129 Å². The van der Waals surface area contributed by atoms with E-state index < -0.39 is 11.6 Å². The van der Waals surface area contributed by atoms with E-state index in [0.717, 1.165) is 26.5 Å². The summed E-state index contributed by atoms with van der Waals surface area (Å²) in [6.07, 6.45) is -0.351. The number of hydrogen-bond acceptors (Lipinski definition) is 7. The fourth-order valence-corrected chi connectivity index (χ4v) is 7.42. The van der Waals surface area contributed by atoms with E-state index in [-0.39, 0.29) is 37.9 Å². The minimum atomic E-state index is -1.56. The number of benzene rings is 5. The lowest BCUT2D eigenvalue weighted by atomic mass is 9.80. The number of nitrogens with one attached hydrogen (secondary N) is 1. The van der Waals surface area contributed by atoms with Crippen LogP contribution in [0, 0.1) is 0 Å². The quantitative estimate of drug-likeness (QED) is 0.0477. The number of aliphatic imine (C=N–C) groups is 1. The zero-order chi connectivity index (χ0) is 36.3. The Bertz CT molecular complexity index is 2090. The van der Waals surface area contributed by atoms with Crippen molar-refractivity contribution in [2.75, 3.05) is 13.2 Å². The van der Waals surface area contributed by atoms with Gasteiger partial charge in [0.15, 0.2) is 11.6 Å². The van der Waals surface area contributed by atoms with Crippen LogP contribution in [0.3, 0.4) is 0 Å². The van der Waals surface area contributed by atoms with Crippen molar-refractivity contribution in [2.24, 2.45) is 10.1 Å². The first-order chi connectivity index (χ1) is 25.4. The van der Waals surface area contributed by atoms with Crippen molar-refractivity contribution < 1.29 is 19.4 Å². The lowest BCUT2D eigenvalue weighted by molar-refractivity contribution is -0.129. The number of nitrogens with zero attached hydrogens (tertiary/aromatic N) is 4. The highest BCUT2D eigenvalue weighted by atomic mass is 35.5. The van der Waals surface area contributed by atoms with Crippen LogP contribution in [0.25, 0.3) is 10.4 Å². The molecule has 9 nitrogen and oxygen atoms in total. The van der Waals surface area contributed by atoms with E-state index in [1.165, 1.54) is 0 Å². The lowest BCUT2D eigenvalue weighted by Crippen LogP contribution is -2.50. The van der Waals surface area contributed by atoms with E-state index in [1.54, 1.807) is 42.1 Å². The maximum Gasteiger partial charge on any atom is 0.252 e. The first-order valence-corrected chi connectivity index (χ1v) is 18.2. The van der Waals surface area contributed by atoms with Crippen LogP contribution in [-0.4, -0.2) is 35.7 Å². The summed E-state index contributed by atoms with van der Waals surface area (Å²) in [6, 6.07) is 37.8. The second kappa shape index (κ2) is 17.5. The van der Waals surface area contributed by atoms with Crippen LogP contribution < -0.4 is 10.1 Å². The summed E-state index contributed by atoms with van der Waals surface area (Å²) in [5.41, 5.74) is 11.2. The maximum absolute atomic E-state index is 15.0. The van der Waals surface area contributed by atoms with Crippen LogP contribution >= 0.6 is 35.0 Å². The summed E-state index contributed by atoms with van der Waals surface area (Å²) in [7, 11) is 0. The molecule has 1 amide bonds. The van der Waals surface area contributed by atoms with E-state index in [1.807, 2.05) is 91.0 Å². The maximum atomic E-state index is 15.0. The molecule has 264 valence electrons. The minimum Gasteiger partial charge on any atom is -0.494 e. The van der Waals surface area contributed by atoms with Crippen molar-refractivity contribution in [1.82, 2.24) is 5.32 Å². The van der Waals surface area contributed by atoms with Gasteiger partial charge in [0.25, 0.3) is 5.91 Å². The predicted octanol–water partition coefficient (Wildman–Crippen LogP) is 9.53. The largest absolute Gasteiger partial charge is 0.494 e. The summed E-state index contributed by atoms with van der Waals surface area (Å²) >= 11 is 14.8. The number of ether oxygens (including phenoxy) is 2. The average molecular weight is 753 g/mol. The van der Waals surface area contributed by atoms with Crippen molar-refractivity contribution >= 4 is 46.8 Å². The van der Waals surface area contributed by atoms with Crippen LogP contribution in [0.5, 0.6) is 5.75 Å². The highest BCUT2D eigenvalue weighted by Crippen LogP contribution is 2.45. The summed E-state index contributed by atoms with van der Waals surface area (Å²) < 4.78 is 12.4. The zero-order valence-electron chi connectivity index (χ0n) is 28.0. The second-order valence-electron chi connectivity index (χ2n) is 12.0. The molecule has 0 aromatic heterocycles. The Labute approximate surface area is 316 Å². The zero-order valence-corrected chi connectivity index (χ0v) is 30.3. The Morgan fingerprint density at radius 1 is 0.942 bits per heavy atom. The van der Waals surface area contributed by atoms with Gasteiger partial charge in [-0.15, -0.1) is 0 Å². The molecule has 52 heavy (non-hydrogen) atoms. The Morgan fingerprint density at radius 2 is 1.65 bits per heavy atom. The SMILES string of the molecule is [N-]=[N+]=NCc1ccccc1C[C@@]1(C(=O)NCc2ccccc2Sc2ccccc2)N=C(c2ccc(OCCCO)cc2)O[C@@H]1c1ccc(Cl)cc1Cl. The van der Waals surface area contributed by atoms with Gasteiger partial charge in [0.1, 0.15) is 5.75 Å². The van der Waals surface area contributed by atoms with Crippen LogP contribution in [0.4, 0.5) is 0 Å². The summed E-state index contributed by atoms with van der Waals surface area (Å²) in [6.45, 7) is 0.722. The fourth-order valence-electron chi connectivity index (χ4n) is 5.95. The van der Waals surface area contributed by atoms with Gasteiger partial charge in [0, 0.05) is 61.9 Å². The molecular weight excluding hydrogens is 717 g/mol. The monoisotopic (exact) mass is 751 g/mol. The molecule has 1 aliphatic heterocycles. The molecule has 0 fully saturated rings. The molecular formula is C40H35Cl2N5O4S. The molecule has 0 radical (unpaired) electrons. The molecule has 0 unspecified atom stereocenters. The van der Waals surface area contributed by atoms with Crippen molar-refractivity contribution in [2.45, 2.75) is 47.4 Å².